The second kappa shape index (κ2) is 10.8. The molecule has 0 aromatic heterocycles. The molecule has 0 bridgehead atoms. The number of rotatable bonds is 5. The molecule has 5 nitrogen and oxygen atoms in total. The zero-order valence-corrected chi connectivity index (χ0v) is 19.3. The summed E-state index contributed by atoms with van der Waals surface area (Å²) in [5.41, 5.74) is 0.797. The van der Waals surface area contributed by atoms with Gasteiger partial charge in [-0.25, -0.2) is 0 Å². The van der Waals surface area contributed by atoms with Crippen LogP contribution in [0.1, 0.15) is 39.0 Å². The number of amides is 1. The summed E-state index contributed by atoms with van der Waals surface area (Å²) in [5, 5.41) is 4.84. The van der Waals surface area contributed by atoms with Gasteiger partial charge in [-0.1, -0.05) is 29.6 Å². The number of thiocarbonyl (C=S) groups is 1. The van der Waals surface area contributed by atoms with Crippen LogP contribution >= 0.6 is 35.4 Å². The van der Waals surface area contributed by atoms with Gasteiger partial charge < -0.3 is 20.0 Å². The van der Waals surface area contributed by atoms with Gasteiger partial charge in [0.05, 0.1) is 10.0 Å². The average Bonchev–Trinajstić information content (AvgIpc) is 2.84. The number of carbonyl (C=O) groups is 1. The summed E-state index contributed by atoms with van der Waals surface area (Å²) in [4.78, 5) is 19.3. The maximum atomic E-state index is 12.6. The first-order valence-corrected chi connectivity index (χ1v) is 11.6. The molecule has 160 valence electrons. The fourth-order valence-electron chi connectivity index (χ4n) is 4.07. The van der Waals surface area contributed by atoms with Gasteiger partial charge in [0.1, 0.15) is 0 Å². The lowest BCUT2D eigenvalue weighted by Crippen LogP contribution is -2.45. The third-order valence-corrected chi connectivity index (χ3v) is 6.79. The van der Waals surface area contributed by atoms with Gasteiger partial charge in [0.15, 0.2) is 5.11 Å². The number of nitrogens with one attached hydrogen (secondary N) is 1. The topological polar surface area (TPSA) is 38.8 Å². The second-order valence-electron chi connectivity index (χ2n) is 7.95. The number of nitrogens with zero attached hydrogens (tertiary/aromatic N) is 3. The van der Waals surface area contributed by atoms with Gasteiger partial charge >= 0.3 is 0 Å². The van der Waals surface area contributed by atoms with Crippen LogP contribution in [0.5, 0.6) is 0 Å². The maximum Gasteiger partial charge on any atom is 0.224 e. The Hall–Kier alpha value is -1.08. The van der Waals surface area contributed by atoms with E-state index in [-0.39, 0.29) is 11.9 Å². The number of piperidine rings is 1. The molecule has 2 aliphatic rings. The number of hydrogen-bond donors (Lipinski definition) is 1. The minimum absolute atomic E-state index is 0.152. The van der Waals surface area contributed by atoms with Gasteiger partial charge in [0, 0.05) is 37.8 Å². The quantitative estimate of drug-likeness (QED) is 0.660. The van der Waals surface area contributed by atoms with Crippen LogP contribution in [-0.4, -0.2) is 71.0 Å². The molecule has 3 rings (SSSR count). The molecule has 1 atom stereocenters. The van der Waals surface area contributed by atoms with Crippen molar-refractivity contribution in [1.82, 2.24) is 14.7 Å². The Morgan fingerprint density at radius 2 is 1.90 bits per heavy atom. The van der Waals surface area contributed by atoms with E-state index in [1.54, 1.807) is 12.1 Å². The minimum atomic E-state index is 0.152. The highest BCUT2D eigenvalue weighted by molar-refractivity contribution is 7.80. The molecule has 0 radical (unpaired) electrons. The molecular formula is C21H30Cl2N4OS. The van der Waals surface area contributed by atoms with Crippen molar-refractivity contribution in [3.05, 3.63) is 28.2 Å². The Morgan fingerprint density at radius 3 is 2.62 bits per heavy atom. The van der Waals surface area contributed by atoms with E-state index in [0.29, 0.717) is 34.7 Å². The zero-order valence-electron chi connectivity index (χ0n) is 17.0. The van der Waals surface area contributed by atoms with Crippen LogP contribution in [0.25, 0.3) is 0 Å². The van der Waals surface area contributed by atoms with Crippen LogP contribution in [0.15, 0.2) is 18.2 Å². The van der Waals surface area contributed by atoms with E-state index in [2.05, 4.69) is 22.0 Å². The number of hydrogen-bond acceptors (Lipinski definition) is 3. The van der Waals surface area contributed by atoms with E-state index >= 15 is 0 Å². The van der Waals surface area contributed by atoms with Gasteiger partial charge in [0.2, 0.25) is 5.91 Å². The summed E-state index contributed by atoms with van der Waals surface area (Å²) in [6.45, 7) is 7.75. The van der Waals surface area contributed by atoms with E-state index < -0.39 is 0 Å². The summed E-state index contributed by atoms with van der Waals surface area (Å²) >= 11 is 17.7. The van der Waals surface area contributed by atoms with Gasteiger partial charge in [-0.05, 0) is 76.2 Å². The summed E-state index contributed by atoms with van der Waals surface area (Å²) in [6, 6.07) is 5.51. The smallest absolute Gasteiger partial charge is 0.224 e. The number of anilines is 1. The highest BCUT2D eigenvalue weighted by Crippen LogP contribution is 2.25. The van der Waals surface area contributed by atoms with E-state index in [1.165, 1.54) is 32.4 Å². The van der Waals surface area contributed by atoms with Crippen molar-refractivity contribution in [3.8, 4) is 0 Å². The maximum absolute atomic E-state index is 12.6. The first-order chi connectivity index (χ1) is 13.9. The monoisotopic (exact) mass is 456 g/mol. The molecule has 8 heteroatoms. The van der Waals surface area contributed by atoms with Gasteiger partial charge in [-0.2, -0.15) is 0 Å². The molecule has 29 heavy (non-hydrogen) atoms. The number of likely N-dealkylation sites (tertiary alicyclic amines) is 1. The van der Waals surface area contributed by atoms with E-state index in [0.717, 1.165) is 25.2 Å². The highest BCUT2D eigenvalue weighted by Gasteiger charge is 2.27. The summed E-state index contributed by atoms with van der Waals surface area (Å²) in [5.74, 6) is 0.218. The molecular weight excluding hydrogens is 427 g/mol. The molecule has 2 heterocycles. The van der Waals surface area contributed by atoms with Crippen molar-refractivity contribution in [3.63, 3.8) is 0 Å². The van der Waals surface area contributed by atoms with Gasteiger partial charge in [-0.15, -0.1) is 0 Å². The number of halogens is 2. The first kappa shape index (κ1) is 22.6. The second-order valence-corrected chi connectivity index (χ2v) is 9.15. The van der Waals surface area contributed by atoms with Crippen LogP contribution in [0.4, 0.5) is 5.69 Å². The Labute approximate surface area is 189 Å². The third kappa shape index (κ3) is 6.45. The summed E-state index contributed by atoms with van der Waals surface area (Å²) in [6.07, 6.45) is 5.47. The minimum Gasteiger partial charge on any atom is -0.344 e. The molecule has 0 aliphatic carbocycles. The predicted molar refractivity (Wildman–Crippen MR) is 125 cm³/mol. The Bertz CT molecular complexity index is 727. The van der Waals surface area contributed by atoms with Crippen LogP contribution in [-0.2, 0) is 4.79 Å². The third-order valence-electron chi connectivity index (χ3n) is 5.72. The fourth-order valence-corrected chi connectivity index (χ4v) is 4.76. The Balaban J connectivity index is 1.52. The zero-order chi connectivity index (χ0) is 20.8. The largest absolute Gasteiger partial charge is 0.344 e. The molecule has 2 saturated heterocycles. The van der Waals surface area contributed by atoms with E-state index in [4.69, 9.17) is 35.4 Å². The lowest BCUT2D eigenvalue weighted by atomic mass is 10.1. The summed E-state index contributed by atoms with van der Waals surface area (Å²) < 4.78 is 0. The molecule has 1 amide bonds. The molecule has 1 N–H and O–H groups in total. The molecule has 1 aromatic rings. The van der Waals surface area contributed by atoms with Crippen molar-refractivity contribution in [1.29, 1.82) is 0 Å². The average molecular weight is 457 g/mol. The molecule has 0 saturated carbocycles. The number of carbonyl (C=O) groups excluding carboxylic acids is 1. The van der Waals surface area contributed by atoms with Crippen molar-refractivity contribution in [2.75, 3.05) is 44.6 Å². The molecule has 0 spiro atoms. The van der Waals surface area contributed by atoms with Crippen LogP contribution in [0.3, 0.4) is 0 Å². The normalized spacial score (nSPS) is 21.2. The van der Waals surface area contributed by atoms with Crippen LogP contribution < -0.4 is 5.32 Å². The predicted octanol–water partition coefficient (Wildman–Crippen LogP) is 4.49. The van der Waals surface area contributed by atoms with E-state index in [1.807, 2.05) is 11.0 Å². The lowest BCUT2D eigenvalue weighted by Gasteiger charge is -2.32. The van der Waals surface area contributed by atoms with Crippen molar-refractivity contribution >= 4 is 52.1 Å². The number of benzene rings is 1. The van der Waals surface area contributed by atoms with Gasteiger partial charge in [0.25, 0.3) is 0 Å². The van der Waals surface area contributed by atoms with Crippen LogP contribution in [0, 0.1) is 0 Å². The molecule has 0 unspecified atom stereocenters. The van der Waals surface area contributed by atoms with Crippen molar-refractivity contribution in [2.24, 2.45) is 0 Å². The Morgan fingerprint density at radius 1 is 1.14 bits per heavy atom. The standard InChI is InChI=1S/C21H30Cl2N4OS/c1-16-15-26(12-5-11-25-9-3-2-4-10-25)20(28)8-13-27(16)21(29)24-17-6-7-18(22)19(23)14-17/h6-7,14,16H,2-5,8-13,15H2,1H3,(H,24,29)/t16-/m1/s1. The summed E-state index contributed by atoms with van der Waals surface area (Å²) in [7, 11) is 0. The molecule has 2 aliphatic heterocycles. The SMILES string of the molecule is C[C@@H]1CN(CCCN2CCCCC2)C(=O)CCN1C(=S)Nc1ccc(Cl)c(Cl)c1. The molecule has 1 aromatic carbocycles. The molecule has 2 fully saturated rings. The Kier molecular flexibility index (Phi) is 8.42. The first-order valence-electron chi connectivity index (χ1n) is 10.5. The highest BCUT2D eigenvalue weighted by atomic mass is 35.5. The van der Waals surface area contributed by atoms with Crippen molar-refractivity contribution < 1.29 is 4.79 Å². The van der Waals surface area contributed by atoms with Crippen molar-refractivity contribution in [2.45, 2.75) is 45.1 Å². The van der Waals surface area contributed by atoms with E-state index in [9.17, 15) is 4.79 Å². The van der Waals surface area contributed by atoms with Crippen LogP contribution in [0.2, 0.25) is 10.0 Å². The fraction of sp³-hybridized carbons (Fsp3) is 0.619. The lowest BCUT2D eigenvalue weighted by molar-refractivity contribution is -0.130. The van der Waals surface area contributed by atoms with Gasteiger partial charge in [-0.3, -0.25) is 4.79 Å².